The summed E-state index contributed by atoms with van der Waals surface area (Å²) in [6.45, 7) is 2.51. The maximum atomic E-state index is 12.0. The molecule has 1 unspecified atom stereocenters. The van der Waals surface area contributed by atoms with Gasteiger partial charge in [-0.1, -0.05) is 15.9 Å². The summed E-state index contributed by atoms with van der Waals surface area (Å²) in [5, 5.41) is 9.92. The highest BCUT2D eigenvalue weighted by Gasteiger charge is 2.31. The second-order valence-corrected chi connectivity index (χ2v) is 6.15. The SMILES string of the molecule is Cc1cc(Br)c(C(=O)O)cc1N1CC(CBr)CC1=O. The quantitative estimate of drug-likeness (QED) is 0.806. The van der Waals surface area contributed by atoms with Crippen molar-refractivity contribution >= 4 is 49.4 Å². The molecule has 1 aromatic rings. The van der Waals surface area contributed by atoms with Gasteiger partial charge in [-0.15, -0.1) is 0 Å². The molecule has 1 aliphatic rings. The highest BCUT2D eigenvalue weighted by Crippen LogP contribution is 2.32. The van der Waals surface area contributed by atoms with Crippen molar-refractivity contribution in [3.63, 3.8) is 0 Å². The van der Waals surface area contributed by atoms with E-state index in [1.165, 1.54) is 0 Å². The molecule has 2 rings (SSSR count). The van der Waals surface area contributed by atoms with Crippen LogP contribution >= 0.6 is 31.9 Å². The molecule has 4 nitrogen and oxygen atoms in total. The van der Waals surface area contributed by atoms with E-state index in [0.717, 1.165) is 10.9 Å². The van der Waals surface area contributed by atoms with Crippen LogP contribution in [0.3, 0.4) is 0 Å². The molecule has 1 heterocycles. The van der Waals surface area contributed by atoms with Gasteiger partial charge in [0.15, 0.2) is 0 Å². The van der Waals surface area contributed by atoms with E-state index in [1.807, 2.05) is 6.92 Å². The third kappa shape index (κ3) is 2.84. The van der Waals surface area contributed by atoms with E-state index in [-0.39, 0.29) is 17.4 Å². The van der Waals surface area contributed by atoms with Crippen LogP contribution in [-0.2, 0) is 4.79 Å². The van der Waals surface area contributed by atoms with E-state index >= 15 is 0 Å². The maximum Gasteiger partial charge on any atom is 0.336 e. The molecule has 102 valence electrons. The Balaban J connectivity index is 2.42. The largest absolute Gasteiger partial charge is 0.478 e. The number of rotatable bonds is 3. The van der Waals surface area contributed by atoms with Crippen LogP contribution in [-0.4, -0.2) is 28.9 Å². The minimum absolute atomic E-state index is 0.0474. The van der Waals surface area contributed by atoms with Crippen LogP contribution in [0.4, 0.5) is 5.69 Å². The molecule has 0 spiro atoms. The first-order valence-electron chi connectivity index (χ1n) is 5.83. The molecule has 0 aromatic heterocycles. The average Bonchev–Trinajstić information content (AvgIpc) is 2.70. The van der Waals surface area contributed by atoms with Crippen molar-refractivity contribution in [3.8, 4) is 0 Å². The lowest BCUT2D eigenvalue weighted by Crippen LogP contribution is -2.25. The van der Waals surface area contributed by atoms with E-state index in [1.54, 1.807) is 17.0 Å². The summed E-state index contributed by atoms with van der Waals surface area (Å²) in [7, 11) is 0. The van der Waals surface area contributed by atoms with Crippen molar-refractivity contribution in [1.82, 2.24) is 0 Å². The van der Waals surface area contributed by atoms with Gasteiger partial charge >= 0.3 is 5.97 Å². The molecule has 1 aliphatic heterocycles. The highest BCUT2D eigenvalue weighted by atomic mass is 79.9. The van der Waals surface area contributed by atoms with Gasteiger partial charge in [0.25, 0.3) is 0 Å². The number of halogens is 2. The Labute approximate surface area is 128 Å². The van der Waals surface area contributed by atoms with Crippen LogP contribution in [0, 0.1) is 12.8 Å². The summed E-state index contributed by atoms with van der Waals surface area (Å²) in [6, 6.07) is 3.31. The van der Waals surface area contributed by atoms with Gasteiger partial charge in [-0.3, -0.25) is 4.79 Å². The third-order valence-corrected chi connectivity index (χ3v) is 4.80. The lowest BCUT2D eigenvalue weighted by atomic mass is 10.1. The first kappa shape index (κ1) is 14.5. The van der Waals surface area contributed by atoms with E-state index in [9.17, 15) is 9.59 Å². The molecule has 1 aromatic carbocycles. The minimum atomic E-state index is -1.00. The van der Waals surface area contributed by atoms with Crippen molar-refractivity contribution in [2.24, 2.45) is 5.92 Å². The molecular weight excluding hydrogens is 378 g/mol. The summed E-state index contributed by atoms with van der Waals surface area (Å²) < 4.78 is 0.532. The fourth-order valence-corrected chi connectivity index (χ4v) is 3.29. The number of carboxylic acid groups (broad SMARTS) is 1. The van der Waals surface area contributed by atoms with Crippen LogP contribution in [0.5, 0.6) is 0 Å². The Morgan fingerprint density at radius 3 is 2.74 bits per heavy atom. The first-order valence-corrected chi connectivity index (χ1v) is 7.75. The van der Waals surface area contributed by atoms with Crippen LogP contribution in [0.25, 0.3) is 0 Å². The Hall–Kier alpha value is -0.880. The molecular formula is C13H13Br2NO3. The number of aromatic carboxylic acids is 1. The Bertz CT molecular complexity index is 545. The number of hydrogen-bond donors (Lipinski definition) is 1. The van der Waals surface area contributed by atoms with Crippen molar-refractivity contribution in [3.05, 3.63) is 27.7 Å². The number of benzene rings is 1. The predicted molar refractivity (Wildman–Crippen MR) is 80.1 cm³/mol. The lowest BCUT2D eigenvalue weighted by molar-refractivity contribution is -0.117. The van der Waals surface area contributed by atoms with Gasteiger partial charge in [0.1, 0.15) is 0 Å². The molecule has 1 atom stereocenters. The molecule has 1 N–H and O–H groups in total. The van der Waals surface area contributed by atoms with Crippen molar-refractivity contribution < 1.29 is 14.7 Å². The topological polar surface area (TPSA) is 57.6 Å². The van der Waals surface area contributed by atoms with Gasteiger partial charge in [-0.05, 0) is 46.5 Å². The van der Waals surface area contributed by atoms with Crippen LogP contribution < -0.4 is 4.90 Å². The minimum Gasteiger partial charge on any atom is -0.478 e. The van der Waals surface area contributed by atoms with Gasteiger partial charge in [0.2, 0.25) is 5.91 Å². The molecule has 19 heavy (non-hydrogen) atoms. The summed E-state index contributed by atoms with van der Waals surface area (Å²) in [5.74, 6) is -0.674. The molecule has 0 saturated carbocycles. The molecule has 1 saturated heterocycles. The fourth-order valence-electron chi connectivity index (χ4n) is 2.23. The second-order valence-electron chi connectivity index (χ2n) is 4.65. The molecule has 6 heteroatoms. The molecule has 0 aliphatic carbocycles. The summed E-state index contributed by atoms with van der Waals surface area (Å²) in [5.41, 5.74) is 1.75. The number of hydrogen-bond acceptors (Lipinski definition) is 2. The number of amides is 1. The van der Waals surface area contributed by atoms with E-state index in [0.29, 0.717) is 23.1 Å². The number of carboxylic acids is 1. The van der Waals surface area contributed by atoms with Crippen LogP contribution in [0.15, 0.2) is 16.6 Å². The predicted octanol–water partition coefficient (Wildman–Crippen LogP) is 3.20. The van der Waals surface area contributed by atoms with Crippen LogP contribution in [0.2, 0.25) is 0 Å². The van der Waals surface area contributed by atoms with Crippen molar-refractivity contribution in [1.29, 1.82) is 0 Å². The number of aryl methyl sites for hydroxylation is 1. The molecule has 1 amide bonds. The maximum absolute atomic E-state index is 12.0. The second kappa shape index (κ2) is 5.63. The summed E-state index contributed by atoms with van der Waals surface area (Å²) in [6.07, 6.45) is 0.503. The number of nitrogens with zero attached hydrogens (tertiary/aromatic N) is 1. The van der Waals surface area contributed by atoms with Gasteiger partial charge in [-0.2, -0.15) is 0 Å². The number of carbonyl (C=O) groups is 2. The lowest BCUT2D eigenvalue weighted by Gasteiger charge is -2.20. The first-order chi connectivity index (χ1) is 8.93. The third-order valence-electron chi connectivity index (χ3n) is 3.23. The average molecular weight is 391 g/mol. The summed E-state index contributed by atoms with van der Waals surface area (Å²) in [4.78, 5) is 24.9. The highest BCUT2D eigenvalue weighted by molar-refractivity contribution is 9.10. The van der Waals surface area contributed by atoms with Gasteiger partial charge in [0.05, 0.1) is 5.56 Å². The van der Waals surface area contributed by atoms with Crippen LogP contribution in [0.1, 0.15) is 22.3 Å². The Kier molecular flexibility index (Phi) is 4.30. The van der Waals surface area contributed by atoms with Gasteiger partial charge < -0.3 is 10.0 Å². The fraction of sp³-hybridized carbons (Fsp3) is 0.385. The zero-order valence-corrected chi connectivity index (χ0v) is 13.5. The molecule has 0 bridgehead atoms. The van der Waals surface area contributed by atoms with Crippen molar-refractivity contribution in [2.75, 3.05) is 16.8 Å². The summed E-state index contributed by atoms with van der Waals surface area (Å²) >= 11 is 6.63. The molecule has 0 radical (unpaired) electrons. The Morgan fingerprint density at radius 1 is 1.53 bits per heavy atom. The number of alkyl halides is 1. The zero-order valence-electron chi connectivity index (χ0n) is 10.3. The van der Waals surface area contributed by atoms with E-state index in [2.05, 4.69) is 31.9 Å². The zero-order chi connectivity index (χ0) is 14.2. The smallest absolute Gasteiger partial charge is 0.336 e. The molecule has 1 fully saturated rings. The number of carbonyl (C=O) groups excluding carboxylic acids is 1. The van der Waals surface area contributed by atoms with Crippen molar-refractivity contribution in [2.45, 2.75) is 13.3 Å². The van der Waals surface area contributed by atoms with Gasteiger partial charge in [0, 0.05) is 28.5 Å². The van der Waals surface area contributed by atoms with E-state index < -0.39 is 5.97 Å². The monoisotopic (exact) mass is 389 g/mol. The van der Waals surface area contributed by atoms with Gasteiger partial charge in [-0.25, -0.2) is 4.79 Å². The van der Waals surface area contributed by atoms with E-state index in [4.69, 9.17) is 5.11 Å². The standard InChI is InChI=1S/C13H13Br2NO3/c1-7-2-10(15)9(13(18)19)4-11(7)16-6-8(5-14)3-12(16)17/h2,4,8H,3,5-6H2,1H3,(H,18,19). The Morgan fingerprint density at radius 2 is 2.21 bits per heavy atom. The normalized spacial score (nSPS) is 19.0. The number of anilines is 1.